The van der Waals surface area contributed by atoms with E-state index in [4.69, 9.17) is 16.3 Å². The molecule has 1 fully saturated rings. The quantitative estimate of drug-likeness (QED) is 0.635. The summed E-state index contributed by atoms with van der Waals surface area (Å²) in [6.07, 6.45) is 2.13. The van der Waals surface area contributed by atoms with Crippen molar-refractivity contribution in [1.29, 1.82) is 0 Å². The highest BCUT2D eigenvalue weighted by atomic mass is 35.5. The van der Waals surface area contributed by atoms with Gasteiger partial charge in [-0.25, -0.2) is 0 Å². The smallest absolute Gasteiger partial charge is 0.220 e. The number of nitrogens with one attached hydrogen (secondary N) is 1. The van der Waals surface area contributed by atoms with E-state index in [9.17, 15) is 4.79 Å². The second-order valence-corrected chi connectivity index (χ2v) is 7.73. The largest absolute Gasteiger partial charge is 0.497 e. The molecule has 1 N–H and O–H groups in total. The number of piperazine rings is 1. The molecule has 0 atom stereocenters. The lowest BCUT2D eigenvalue weighted by Gasteiger charge is -2.36. The Morgan fingerprint density at radius 3 is 2.48 bits per heavy atom. The van der Waals surface area contributed by atoms with Crippen LogP contribution >= 0.6 is 11.6 Å². The summed E-state index contributed by atoms with van der Waals surface area (Å²) in [5.74, 6) is 0.982. The Hall–Kier alpha value is -2.24. The molecule has 1 amide bonds. The Morgan fingerprint density at radius 2 is 1.79 bits per heavy atom. The number of hydrogen-bond donors (Lipinski definition) is 1. The summed E-state index contributed by atoms with van der Waals surface area (Å²) >= 11 is 6.14. The molecule has 3 rings (SSSR count). The van der Waals surface area contributed by atoms with E-state index >= 15 is 0 Å². The number of methoxy groups -OCH3 is 1. The summed E-state index contributed by atoms with van der Waals surface area (Å²) in [7, 11) is 1.69. The molecular weight excluding hydrogens is 386 g/mol. The minimum absolute atomic E-state index is 0.0919. The van der Waals surface area contributed by atoms with Gasteiger partial charge in [0.25, 0.3) is 0 Å². The molecule has 0 aromatic heterocycles. The molecule has 0 aliphatic carbocycles. The van der Waals surface area contributed by atoms with E-state index in [0.29, 0.717) is 12.8 Å². The molecule has 0 saturated carbocycles. The van der Waals surface area contributed by atoms with Crippen LogP contribution in [-0.4, -0.2) is 57.2 Å². The number of benzene rings is 2. The fourth-order valence-electron chi connectivity index (χ4n) is 3.59. The van der Waals surface area contributed by atoms with E-state index in [2.05, 4.69) is 27.2 Å². The molecule has 0 spiro atoms. The van der Waals surface area contributed by atoms with Gasteiger partial charge in [-0.1, -0.05) is 29.8 Å². The van der Waals surface area contributed by atoms with Crippen molar-refractivity contribution >= 4 is 23.2 Å². The average molecular weight is 416 g/mol. The van der Waals surface area contributed by atoms with Gasteiger partial charge in [-0.05, 0) is 55.3 Å². The molecule has 2 aromatic rings. The monoisotopic (exact) mass is 415 g/mol. The van der Waals surface area contributed by atoms with Crippen LogP contribution in [0.2, 0.25) is 5.02 Å². The van der Waals surface area contributed by atoms with Gasteiger partial charge >= 0.3 is 0 Å². The second-order valence-electron chi connectivity index (χ2n) is 7.32. The second kappa shape index (κ2) is 11.1. The summed E-state index contributed by atoms with van der Waals surface area (Å²) in [5, 5.41) is 3.76. The fraction of sp³-hybridized carbons (Fsp3) is 0.435. The van der Waals surface area contributed by atoms with Crippen LogP contribution in [0.5, 0.6) is 5.75 Å². The van der Waals surface area contributed by atoms with Crippen molar-refractivity contribution in [2.75, 3.05) is 51.3 Å². The predicted octanol–water partition coefficient (Wildman–Crippen LogP) is 3.61. The number of nitrogens with zero attached hydrogens (tertiary/aromatic N) is 2. The number of carbonyl (C=O) groups excluding carboxylic acids is 1. The molecule has 29 heavy (non-hydrogen) atoms. The van der Waals surface area contributed by atoms with Crippen LogP contribution in [0.3, 0.4) is 0 Å². The Balaban J connectivity index is 1.28. The normalized spacial score (nSPS) is 14.6. The molecule has 1 heterocycles. The number of aryl methyl sites for hydroxylation is 1. The molecule has 0 radical (unpaired) electrons. The zero-order valence-electron chi connectivity index (χ0n) is 17.1. The number of ether oxygens (including phenoxy) is 1. The van der Waals surface area contributed by atoms with Gasteiger partial charge in [0.05, 0.1) is 7.11 Å². The summed E-state index contributed by atoms with van der Waals surface area (Å²) in [6, 6.07) is 16.0. The van der Waals surface area contributed by atoms with Crippen LogP contribution < -0.4 is 15.0 Å². The zero-order chi connectivity index (χ0) is 20.5. The van der Waals surface area contributed by atoms with Gasteiger partial charge in [0.15, 0.2) is 0 Å². The van der Waals surface area contributed by atoms with Crippen molar-refractivity contribution < 1.29 is 9.53 Å². The number of carbonyl (C=O) groups is 1. The Morgan fingerprint density at radius 1 is 1.07 bits per heavy atom. The van der Waals surface area contributed by atoms with Crippen LogP contribution in [0, 0.1) is 0 Å². The molecule has 5 nitrogen and oxygen atoms in total. The highest BCUT2D eigenvalue weighted by Gasteiger charge is 2.16. The molecule has 0 bridgehead atoms. The van der Waals surface area contributed by atoms with E-state index in [1.807, 2.05) is 36.4 Å². The van der Waals surface area contributed by atoms with Gasteiger partial charge in [-0.2, -0.15) is 0 Å². The topological polar surface area (TPSA) is 44.8 Å². The van der Waals surface area contributed by atoms with Gasteiger partial charge in [-0.3, -0.25) is 9.69 Å². The third kappa shape index (κ3) is 6.65. The first-order valence-corrected chi connectivity index (χ1v) is 10.6. The highest BCUT2D eigenvalue weighted by Crippen LogP contribution is 2.20. The van der Waals surface area contributed by atoms with Crippen molar-refractivity contribution in [3.63, 3.8) is 0 Å². The number of halogens is 1. The van der Waals surface area contributed by atoms with E-state index in [1.165, 1.54) is 5.69 Å². The lowest BCUT2D eigenvalue weighted by molar-refractivity contribution is -0.121. The van der Waals surface area contributed by atoms with E-state index in [0.717, 1.165) is 62.0 Å². The van der Waals surface area contributed by atoms with Gasteiger partial charge in [0, 0.05) is 49.9 Å². The maximum atomic E-state index is 12.0. The summed E-state index contributed by atoms with van der Waals surface area (Å²) < 4.78 is 5.23. The first kappa shape index (κ1) is 21.5. The van der Waals surface area contributed by atoms with Crippen LogP contribution in [0.1, 0.15) is 18.4 Å². The Labute approximate surface area is 178 Å². The highest BCUT2D eigenvalue weighted by molar-refractivity contribution is 6.31. The third-order valence-electron chi connectivity index (χ3n) is 5.36. The lowest BCUT2D eigenvalue weighted by atomic mass is 10.1. The average Bonchev–Trinajstić information content (AvgIpc) is 2.77. The van der Waals surface area contributed by atoms with Gasteiger partial charge in [0.2, 0.25) is 5.91 Å². The zero-order valence-corrected chi connectivity index (χ0v) is 17.8. The van der Waals surface area contributed by atoms with Crippen LogP contribution in [-0.2, 0) is 11.2 Å². The molecule has 1 saturated heterocycles. The van der Waals surface area contributed by atoms with Gasteiger partial charge in [-0.15, -0.1) is 0 Å². The number of rotatable bonds is 9. The van der Waals surface area contributed by atoms with Crippen molar-refractivity contribution in [2.24, 2.45) is 0 Å². The van der Waals surface area contributed by atoms with Crippen molar-refractivity contribution in [2.45, 2.75) is 19.3 Å². The van der Waals surface area contributed by atoms with E-state index in [-0.39, 0.29) is 5.91 Å². The minimum atomic E-state index is 0.0919. The van der Waals surface area contributed by atoms with Crippen LogP contribution in [0.15, 0.2) is 48.5 Å². The molecule has 2 aromatic carbocycles. The minimum Gasteiger partial charge on any atom is -0.497 e. The third-order valence-corrected chi connectivity index (χ3v) is 5.73. The number of amides is 1. The maximum absolute atomic E-state index is 12.0. The molecular formula is C23H30ClN3O2. The number of anilines is 1. The Kier molecular flexibility index (Phi) is 8.20. The molecule has 1 aliphatic rings. The molecule has 1 aliphatic heterocycles. The predicted molar refractivity (Wildman–Crippen MR) is 119 cm³/mol. The summed E-state index contributed by atoms with van der Waals surface area (Å²) in [5.41, 5.74) is 2.27. The standard InChI is InChI=1S/C23H30ClN3O2/c1-29-21-10-8-20(9-11-21)27-17-15-26(16-18-27)14-4-13-25-23(28)12-7-19-5-2-3-6-22(19)24/h2-3,5-6,8-11H,4,7,12-18H2,1H3,(H,25,28). The van der Waals surface area contributed by atoms with Gasteiger partial charge in [0.1, 0.15) is 5.75 Å². The molecule has 6 heteroatoms. The van der Waals surface area contributed by atoms with Crippen molar-refractivity contribution in [1.82, 2.24) is 10.2 Å². The summed E-state index contributed by atoms with van der Waals surface area (Å²) in [4.78, 5) is 16.9. The number of hydrogen-bond acceptors (Lipinski definition) is 4. The van der Waals surface area contributed by atoms with E-state index in [1.54, 1.807) is 7.11 Å². The summed E-state index contributed by atoms with van der Waals surface area (Å²) in [6.45, 7) is 5.88. The van der Waals surface area contributed by atoms with Gasteiger partial charge < -0.3 is 15.0 Å². The SMILES string of the molecule is COc1ccc(N2CCN(CCCNC(=O)CCc3ccccc3Cl)CC2)cc1. The first-order chi connectivity index (χ1) is 14.2. The van der Waals surface area contributed by atoms with E-state index < -0.39 is 0 Å². The Bertz CT molecular complexity index is 774. The lowest BCUT2D eigenvalue weighted by Crippen LogP contribution is -2.47. The molecule has 156 valence electrons. The van der Waals surface area contributed by atoms with Crippen molar-refractivity contribution in [3.8, 4) is 5.75 Å². The van der Waals surface area contributed by atoms with Crippen LogP contribution in [0.4, 0.5) is 5.69 Å². The molecule has 0 unspecified atom stereocenters. The van der Waals surface area contributed by atoms with Crippen molar-refractivity contribution in [3.05, 3.63) is 59.1 Å². The fourth-order valence-corrected chi connectivity index (χ4v) is 3.82. The maximum Gasteiger partial charge on any atom is 0.220 e. The first-order valence-electron chi connectivity index (χ1n) is 10.3. The van der Waals surface area contributed by atoms with Crippen LogP contribution in [0.25, 0.3) is 0 Å².